The van der Waals surface area contributed by atoms with Crippen LogP contribution in [0.15, 0.2) is 47.7 Å². The fourth-order valence-corrected chi connectivity index (χ4v) is 3.47. The molecule has 3 rings (SSSR count). The zero-order chi connectivity index (χ0) is 21.8. The average molecular weight is 432 g/mol. The molecule has 0 spiro atoms. The van der Waals surface area contributed by atoms with E-state index in [1.165, 1.54) is 21.3 Å². The molecule has 30 heavy (non-hydrogen) atoms. The van der Waals surface area contributed by atoms with Gasteiger partial charge in [0.15, 0.2) is 11.5 Å². The lowest BCUT2D eigenvalue weighted by atomic mass is 9.94. The van der Waals surface area contributed by atoms with Crippen LogP contribution in [0.25, 0.3) is 0 Å². The Morgan fingerprint density at radius 2 is 1.73 bits per heavy atom. The molecule has 9 heteroatoms. The van der Waals surface area contributed by atoms with E-state index in [1.807, 2.05) is 0 Å². The summed E-state index contributed by atoms with van der Waals surface area (Å²) in [4.78, 5) is 25.3. The number of methoxy groups -OCH3 is 3. The highest BCUT2D eigenvalue weighted by Gasteiger charge is 2.32. The van der Waals surface area contributed by atoms with E-state index in [9.17, 15) is 9.59 Å². The number of allylic oxidation sites excluding steroid dienone is 1. The summed E-state index contributed by atoms with van der Waals surface area (Å²) in [5.41, 5.74) is 1.89. The summed E-state index contributed by atoms with van der Waals surface area (Å²) in [7, 11) is 4.49. The number of urea groups is 1. The lowest BCUT2D eigenvalue weighted by molar-refractivity contribution is -0.113. The first-order valence-corrected chi connectivity index (χ1v) is 9.40. The fraction of sp³-hybridized carbons (Fsp3) is 0.238. The monoisotopic (exact) mass is 431 g/mol. The topological polar surface area (TPSA) is 97.9 Å². The van der Waals surface area contributed by atoms with Crippen molar-refractivity contribution in [1.82, 2.24) is 10.6 Å². The molecule has 0 saturated heterocycles. The minimum absolute atomic E-state index is 0.337. The van der Waals surface area contributed by atoms with Gasteiger partial charge in [-0.2, -0.15) is 0 Å². The number of carbonyl (C=O) groups excluding carboxylic acids is 2. The van der Waals surface area contributed by atoms with E-state index in [1.54, 1.807) is 43.3 Å². The number of anilines is 1. The van der Waals surface area contributed by atoms with Gasteiger partial charge in [-0.1, -0.05) is 17.7 Å². The third-order valence-electron chi connectivity index (χ3n) is 4.62. The Labute approximate surface area is 179 Å². The Bertz CT molecular complexity index is 996. The third kappa shape index (κ3) is 4.28. The van der Waals surface area contributed by atoms with E-state index in [0.717, 1.165) is 0 Å². The molecule has 3 amide bonds. The molecule has 0 fully saturated rings. The maximum absolute atomic E-state index is 13.1. The van der Waals surface area contributed by atoms with Gasteiger partial charge in [-0.05, 0) is 42.8 Å². The average Bonchev–Trinajstić information content (AvgIpc) is 2.71. The zero-order valence-corrected chi connectivity index (χ0v) is 17.7. The highest BCUT2D eigenvalue weighted by Crippen LogP contribution is 2.41. The fourth-order valence-electron chi connectivity index (χ4n) is 3.28. The van der Waals surface area contributed by atoms with Crippen molar-refractivity contribution in [3.05, 3.63) is 58.3 Å². The highest BCUT2D eigenvalue weighted by atomic mass is 35.5. The third-order valence-corrected chi connectivity index (χ3v) is 4.85. The SMILES string of the molecule is COc1cc(C2NC(=O)NC(C)=C2C(=O)Nc2cccc(Cl)c2)cc(OC)c1OC. The van der Waals surface area contributed by atoms with E-state index in [2.05, 4.69) is 16.0 Å². The Morgan fingerprint density at radius 3 is 2.30 bits per heavy atom. The number of rotatable bonds is 6. The van der Waals surface area contributed by atoms with Crippen LogP contribution in [0.4, 0.5) is 10.5 Å². The summed E-state index contributed by atoms with van der Waals surface area (Å²) >= 11 is 6.01. The van der Waals surface area contributed by atoms with Crippen molar-refractivity contribution in [3.63, 3.8) is 0 Å². The molecule has 1 aliphatic rings. The highest BCUT2D eigenvalue weighted by molar-refractivity contribution is 6.31. The summed E-state index contributed by atoms with van der Waals surface area (Å²) in [6.07, 6.45) is 0. The van der Waals surface area contributed by atoms with Crippen molar-refractivity contribution in [3.8, 4) is 17.2 Å². The Morgan fingerprint density at radius 1 is 1.07 bits per heavy atom. The van der Waals surface area contributed by atoms with Crippen LogP contribution in [0, 0.1) is 0 Å². The molecule has 158 valence electrons. The number of amides is 3. The standard InChI is InChI=1S/C21H22ClN3O5/c1-11-17(20(26)24-14-7-5-6-13(22)10-14)18(25-21(27)23-11)12-8-15(28-2)19(30-4)16(9-12)29-3/h5-10,18H,1-4H3,(H,24,26)(H2,23,25,27). The van der Waals surface area contributed by atoms with Gasteiger partial charge in [0.05, 0.1) is 32.9 Å². The molecular formula is C21H22ClN3O5. The second-order valence-corrected chi connectivity index (χ2v) is 6.93. The smallest absolute Gasteiger partial charge is 0.319 e. The molecular weight excluding hydrogens is 410 g/mol. The number of hydrogen-bond acceptors (Lipinski definition) is 5. The number of halogens is 1. The van der Waals surface area contributed by atoms with Crippen LogP contribution in [-0.2, 0) is 4.79 Å². The van der Waals surface area contributed by atoms with Crippen molar-refractivity contribution in [2.45, 2.75) is 13.0 Å². The molecule has 0 aromatic heterocycles. The lowest BCUT2D eigenvalue weighted by Gasteiger charge is -2.29. The van der Waals surface area contributed by atoms with E-state index in [0.29, 0.717) is 44.8 Å². The van der Waals surface area contributed by atoms with Crippen LogP contribution in [0.2, 0.25) is 5.02 Å². The second-order valence-electron chi connectivity index (χ2n) is 6.49. The second kappa shape index (κ2) is 8.96. The van der Waals surface area contributed by atoms with Gasteiger partial charge in [0, 0.05) is 16.4 Å². The molecule has 1 atom stereocenters. The van der Waals surface area contributed by atoms with Gasteiger partial charge >= 0.3 is 6.03 Å². The molecule has 1 aliphatic heterocycles. The number of benzene rings is 2. The number of nitrogens with one attached hydrogen (secondary N) is 3. The number of ether oxygens (including phenoxy) is 3. The van der Waals surface area contributed by atoms with E-state index >= 15 is 0 Å². The Hall–Kier alpha value is -3.39. The van der Waals surface area contributed by atoms with Crippen molar-refractivity contribution in [2.24, 2.45) is 0 Å². The summed E-state index contributed by atoms with van der Waals surface area (Å²) < 4.78 is 16.2. The predicted octanol–water partition coefficient (Wildman–Crippen LogP) is 3.63. The van der Waals surface area contributed by atoms with Crippen molar-refractivity contribution < 1.29 is 23.8 Å². The summed E-state index contributed by atoms with van der Waals surface area (Å²) in [6.45, 7) is 1.66. The van der Waals surface area contributed by atoms with Crippen LogP contribution >= 0.6 is 11.6 Å². The molecule has 0 saturated carbocycles. The summed E-state index contributed by atoms with van der Waals surface area (Å²) in [5, 5.41) is 8.74. The van der Waals surface area contributed by atoms with Gasteiger partial charge in [0.1, 0.15) is 0 Å². The van der Waals surface area contributed by atoms with E-state index in [4.69, 9.17) is 25.8 Å². The van der Waals surface area contributed by atoms with Crippen LogP contribution in [0.3, 0.4) is 0 Å². The van der Waals surface area contributed by atoms with Gasteiger partial charge in [-0.25, -0.2) is 4.79 Å². The molecule has 0 radical (unpaired) electrons. The van der Waals surface area contributed by atoms with Crippen molar-refractivity contribution in [2.75, 3.05) is 26.6 Å². The van der Waals surface area contributed by atoms with Gasteiger partial charge in [-0.15, -0.1) is 0 Å². The largest absolute Gasteiger partial charge is 0.493 e. The predicted molar refractivity (Wildman–Crippen MR) is 113 cm³/mol. The quantitative estimate of drug-likeness (QED) is 0.648. The molecule has 1 heterocycles. The normalized spacial score (nSPS) is 15.8. The van der Waals surface area contributed by atoms with Crippen LogP contribution in [-0.4, -0.2) is 33.3 Å². The Balaban J connectivity index is 2.04. The maximum Gasteiger partial charge on any atom is 0.319 e. The molecule has 2 aromatic carbocycles. The zero-order valence-electron chi connectivity index (χ0n) is 17.0. The molecule has 0 aliphatic carbocycles. The van der Waals surface area contributed by atoms with E-state index in [-0.39, 0.29) is 5.91 Å². The van der Waals surface area contributed by atoms with Crippen molar-refractivity contribution in [1.29, 1.82) is 0 Å². The van der Waals surface area contributed by atoms with E-state index < -0.39 is 12.1 Å². The number of carbonyl (C=O) groups is 2. The first-order chi connectivity index (χ1) is 14.4. The van der Waals surface area contributed by atoms with Gasteiger partial charge in [0.2, 0.25) is 5.75 Å². The molecule has 0 bridgehead atoms. The lowest BCUT2D eigenvalue weighted by Crippen LogP contribution is -2.46. The summed E-state index contributed by atoms with van der Waals surface area (Å²) in [6, 6.07) is 9.02. The van der Waals surface area contributed by atoms with Gasteiger partial charge in [-0.3, -0.25) is 4.79 Å². The molecule has 1 unspecified atom stereocenters. The van der Waals surface area contributed by atoms with Crippen molar-refractivity contribution >= 4 is 29.2 Å². The van der Waals surface area contributed by atoms with Crippen LogP contribution in [0.1, 0.15) is 18.5 Å². The molecule has 3 N–H and O–H groups in total. The summed E-state index contributed by atoms with van der Waals surface area (Å²) in [5.74, 6) is 0.842. The molecule has 8 nitrogen and oxygen atoms in total. The minimum atomic E-state index is -0.744. The van der Waals surface area contributed by atoms with Gasteiger partial charge in [0.25, 0.3) is 5.91 Å². The first kappa shape index (κ1) is 21.3. The van der Waals surface area contributed by atoms with Crippen LogP contribution in [0.5, 0.6) is 17.2 Å². The maximum atomic E-state index is 13.1. The van der Waals surface area contributed by atoms with Crippen LogP contribution < -0.4 is 30.2 Å². The van der Waals surface area contributed by atoms with Gasteiger partial charge < -0.3 is 30.2 Å². The number of hydrogen-bond donors (Lipinski definition) is 3. The Kier molecular flexibility index (Phi) is 6.37. The first-order valence-electron chi connectivity index (χ1n) is 9.03. The minimum Gasteiger partial charge on any atom is -0.493 e. The molecule has 2 aromatic rings.